The lowest BCUT2D eigenvalue weighted by atomic mass is 9.73. The van der Waals surface area contributed by atoms with Crippen LogP contribution in [0.4, 0.5) is 4.79 Å². The number of carbonyl (C=O) groups is 2. The summed E-state index contributed by atoms with van der Waals surface area (Å²) in [6.07, 6.45) is 1.29. The van der Waals surface area contributed by atoms with Crippen LogP contribution in [-0.4, -0.2) is 24.2 Å². The van der Waals surface area contributed by atoms with E-state index in [1.54, 1.807) is 0 Å². The third-order valence-corrected chi connectivity index (χ3v) is 3.85. The summed E-state index contributed by atoms with van der Waals surface area (Å²) in [5.74, 6) is -0.185. The molecule has 0 radical (unpaired) electrons. The number of hydrogen-bond acceptors (Lipinski definition) is 4. The molecular weight excluding hydrogens is 294 g/mol. The topological polar surface area (TPSA) is 64.6 Å². The fourth-order valence-electron chi connectivity index (χ4n) is 2.49. The molecular formula is C18H25NO4. The Balaban J connectivity index is 1.72. The van der Waals surface area contributed by atoms with E-state index in [9.17, 15) is 9.59 Å². The monoisotopic (exact) mass is 319 g/mol. The second-order valence-electron chi connectivity index (χ2n) is 6.92. The molecule has 1 amide bonds. The Labute approximate surface area is 137 Å². The molecule has 0 heterocycles. The number of hydrogen-bond donors (Lipinski definition) is 1. The molecule has 126 valence electrons. The van der Waals surface area contributed by atoms with Crippen molar-refractivity contribution in [2.24, 2.45) is 11.8 Å². The largest absolute Gasteiger partial charge is 0.461 e. The maximum absolute atomic E-state index is 12.1. The van der Waals surface area contributed by atoms with Crippen LogP contribution in [-0.2, 0) is 20.9 Å². The van der Waals surface area contributed by atoms with Gasteiger partial charge in [0.05, 0.1) is 5.92 Å². The number of amides is 1. The smallest absolute Gasteiger partial charge is 0.407 e. The molecule has 0 bridgehead atoms. The first kappa shape index (κ1) is 17.3. The van der Waals surface area contributed by atoms with E-state index < -0.39 is 11.7 Å². The third kappa shape index (κ3) is 5.58. The van der Waals surface area contributed by atoms with Gasteiger partial charge < -0.3 is 14.8 Å². The van der Waals surface area contributed by atoms with Gasteiger partial charge >= 0.3 is 12.1 Å². The molecule has 5 heteroatoms. The van der Waals surface area contributed by atoms with Crippen LogP contribution in [0.1, 0.15) is 39.2 Å². The van der Waals surface area contributed by atoms with Gasteiger partial charge in [0.1, 0.15) is 12.2 Å². The Morgan fingerprint density at radius 1 is 1.17 bits per heavy atom. The minimum Gasteiger partial charge on any atom is -0.461 e. The van der Waals surface area contributed by atoms with E-state index >= 15 is 0 Å². The highest BCUT2D eigenvalue weighted by atomic mass is 16.6. The molecule has 0 aromatic heterocycles. The van der Waals surface area contributed by atoms with Crippen molar-refractivity contribution in [3.63, 3.8) is 0 Å². The second-order valence-corrected chi connectivity index (χ2v) is 6.92. The normalized spacial score (nSPS) is 20.3. The second kappa shape index (κ2) is 7.49. The van der Waals surface area contributed by atoms with Gasteiger partial charge in [-0.2, -0.15) is 0 Å². The molecule has 23 heavy (non-hydrogen) atoms. The highest BCUT2D eigenvalue weighted by Crippen LogP contribution is 2.35. The zero-order valence-electron chi connectivity index (χ0n) is 14.0. The van der Waals surface area contributed by atoms with Crippen molar-refractivity contribution in [1.82, 2.24) is 5.32 Å². The molecule has 1 saturated carbocycles. The van der Waals surface area contributed by atoms with E-state index in [1.807, 2.05) is 51.1 Å². The fraction of sp³-hybridized carbons (Fsp3) is 0.556. The molecule has 1 aromatic rings. The molecule has 2 rings (SSSR count). The van der Waals surface area contributed by atoms with Crippen LogP contribution in [0, 0.1) is 11.8 Å². The van der Waals surface area contributed by atoms with Gasteiger partial charge in [-0.05, 0) is 45.1 Å². The van der Waals surface area contributed by atoms with E-state index in [4.69, 9.17) is 9.47 Å². The van der Waals surface area contributed by atoms with E-state index in [1.165, 1.54) is 0 Å². The fourth-order valence-corrected chi connectivity index (χ4v) is 2.49. The molecule has 1 fully saturated rings. The molecule has 2 atom stereocenters. The van der Waals surface area contributed by atoms with Crippen molar-refractivity contribution in [2.75, 3.05) is 6.54 Å². The summed E-state index contributed by atoms with van der Waals surface area (Å²) in [6, 6.07) is 9.61. The molecule has 0 spiro atoms. The molecule has 0 saturated heterocycles. The predicted octanol–water partition coefficient (Wildman–Crippen LogP) is 3.28. The molecule has 1 N–H and O–H groups in total. The van der Waals surface area contributed by atoms with E-state index in [-0.39, 0.29) is 17.8 Å². The molecule has 1 aromatic carbocycles. The Morgan fingerprint density at radius 3 is 2.43 bits per heavy atom. The zero-order valence-corrected chi connectivity index (χ0v) is 14.0. The summed E-state index contributed by atoms with van der Waals surface area (Å²) in [6.45, 7) is 6.20. The average molecular weight is 319 g/mol. The number of benzene rings is 1. The quantitative estimate of drug-likeness (QED) is 0.846. The summed E-state index contributed by atoms with van der Waals surface area (Å²) in [5, 5.41) is 2.73. The average Bonchev–Trinajstić information content (AvgIpc) is 2.43. The van der Waals surface area contributed by atoms with Crippen LogP contribution in [0.2, 0.25) is 0 Å². The Kier molecular flexibility index (Phi) is 5.64. The summed E-state index contributed by atoms with van der Waals surface area (Å²) in [4.78, 5) is 23.8. The van der Waals surface area contributed by atoms with Gasteiger partial charge in [-0.25, -0.2) is 4.79 Å². The lowest BCUT2D eigenvalue weighted by Gasteiger charge is -2.34. The van der Waals surface area contributed by atoms with Crippen LogP contribution in [0.15, 0.2) is 30.3 Å². The van der Waals surface area contributed by atoms with Crippen LogP contribution < -0.4 is 5.32 Å². The summed E-state index contributed by atoms with van der Waals surface area (Å²) in [5.41, 5.74) is 0.459. The first-order valence-corrected chi connectivity index (χ1v) is 8.02. The number of nitrogens with one attached hydrogen (secondary N) is 1. The van der Waals surface area contributed by atoms with Gasteiger partial charge in [-0.15, -0.1) is 0 Å². The lowest BCUT2D eigenvalue weighted by molar-refractivity contribution is -0.156. The van der Waals surface area contributed by atoms with E-state index in [0.717, 1.165) is 18.4 Å². The van der Waals surface area contributed by atoms with Crippen molar-refractivity contribution in [3.05, 3.63) is 35.9 Å². The van der Waals surface area contributed by atoms with Crippen LogP contribution in [0.25, 0.3) is 0 Å². The maximum atomic E-state index is 12.1. The predicted molar refractivity (Wildman–Crippen MR) is 86.7 cm³/mol. The Hall–Kier alpha value is -2.04. The lowest BCUT2D eigenvalue weighted by Crippen LogP contribution is -2.43. The van der Waals surface area contributed by atoms with Crippen molar-refractivity contribution in [3.8, 4) is 0 Å². The summed E-state index contributed by atoms with van der Waals surface area (Å²) in [7, 11) is 0. The maximum Gasteiger partial charge on any atom is 0.407 e. The number of alkyl carbamates (subject to hydrolysis) is 1. The van der Waals surface area contributed by atoms with Crippen LogP contribution >= 0.6 is 0 Å². The standard InChI is InChI=1S/C18H25NO4/c1-18(2,3)23-17(21)19-11-14-9-10-15(14)16(20)22-12-13-7-5-4-6-8-13/h4-8,14-15H,9-12H2,1-3H3,(H,19,21)/t14-,15-/m1/s1. The first-order chi connectivity index (χ1) is 10.8. The first-order valence-electron chi connectivity index (χ1n) is 8.02. The number of ether oxygens (including phenoxy) is 2. The third-order valence-electron chi connectivity index (χ3n) is 3.85. The highest BCUT2D eigenvalue weighted by Gasteiger charge is 2.38. The SMILES string of the molecule is CC(C)(C)OC(=O)NC[C@H]1CC[C@H]1C(=O)OCc1ccccc1. The molecule has 5 nitrogen and oxygen atoms in total. The number of rotatable bonds is 5. The Morgan fingerprint density at radius 2 is 1.87 bits per heavy atom. The van der Waals surface area contributed by atoms with Crippen molar-refractivity contribution in [2.45, 2.75) is 45.8 Å². The number of carbonyl (C=O) groups excluding carboxylic acids is 2. The summed E-state index contributed by atoms with van der Waals surface area (Å²) >= 11 is 0. The Bertz CT molecular complexity index is 536. The zero-order chi connectivity index (χ0) is 16.9. The highest BCUT2D eigenvalue weighted by molar-refractivity contribution is 5.74. The molecule has 1 aliphatic carbocycles. The minimum absolute atomic E-state index is 0.130. The minimum atomic E-state index is -0.516. The van der Waals surface area contributed by atoms with Crippen molar-refractivity contribution in [1.29, 1.82) is 0 Å². The van der Waals surface area contributed by atoms with Gasteiger partial charge in [0.15, 0.2) is 0 Å². The number of esters is 1. The summed E-state index contributed by atoms with van der Waals surface area (Å²) < 4.78 is 10.6. The van der Waals surface area contributed by atoms with Crippen molar-refractivity contribution >= 4 is 12.1 Å². The van der Waals surface area contributed by atoms with Gasteiger partial charge in [0.2, 0.25) is 0 Å². The van der Waals surface area contributed by atoms with Crippen LogP contribution in [0.3, 0.4) is 0 Å². The van der Waals surface area contributed by atoms with Crippen LogP contribution in [0.5, 0.6) is 0 Å². The van der Waals surface area contributed by atoms with Gasteiger partial charge in [-0.1, -0.05) is 30.3 Å². The van der Waals surface area contributed by atoms with E-state index in [0.29, 0.717) is 13.2 Å². The molecule has 1 aliphatic rings. The van der Waals surface area contributed by atoms with Gasteiger partial charge in [0.25, 0.3) is 0 Å². The van der Waals surface area contributed by atoms with E-state index in [2.05, 4.69) is 5.32 Å². The van der Waals surface area contributed by atoms with Gasteiger partial charge in [0, 0.05) is 6.54 Å². The molecule has 0 aliphatic heterocycles. The van der Waals surface area contributed by atoms with Gasteiger partial charge in [-0.3, -0.25) is 4.79 Å². The van der Waals surface area contributed by atoms with Crippen molar-refractivity contribution < 1.29 is 19.1 Å². The molecule has 0 unspecified atom stereocenters.